The number of rotatable bonds is 5. The number of hydrogen-bond acceptors (Lipinski definition) is 6. The molecule has 1 aliphatic heterocycles. The molecule has 2 aliphatic rings. The minimum atomic E-state index is -0.0467. The monoisotopic (exact) mass is 378 g/mol. The van der Waals surface area contributed by atoms with Crippen molar-refractivity contribution in [3.8, 4) is 0 Å². The number of carbonyl (C=O) groups excluding carboxylic acids is 1. The Morgan fingerprint density at radius 2 is 1.93 bits per heavy atom. The van der Waals surface area contributed by atoms with Crippen LogP contribution in [0.4, 0.5) is 0 Å². The molecule has 4 heterocycles. The fourth-order valence-electron chi connectivity index (χ4n) is 3.91. The van der Waals surface area contributed by atoms with E-state index in [1.165, 1.54) is 19.0 Å². The predicted molar refractivity (Wildman–Crippen MR) is 99.5 cm³/mol. The van der Waals surface area contributed by atoms with Gasteiger partial charge in [0.1, 0.15) is 18.1 Å². The molecule has 9 heteroatoms. The van der Waals surface area contributed by atoms with Crippen LogP contribution in [-0.4, -0.2) is 58.4 Å². The second-order valence-electron chi connectivity index (χ2n) is 7.44. The first-order chi connectivity index (χ1) is 13.8. The molecule has 0 atom stereocenters. The van der Waals surface area contributed by atoms with Crippen molar-refractivity contribution in [1.29, 1.82) is 0 Å². The van der Waals surface area contributed by atoms with Crippen LogP contribution in [0.2, 0.25) is 0 Å². The normalized spacial score (nSPS) is 17.8. The van der Waals surface area contributed by atoms with Gasteiger partial charge in [0.05, 0.1) is 6.20 Å². The topological polar surface area (TPSA) is 94.6 Å². The van der Waals surface area contributed by atoms with Crippen LogP contribution in [0.5, 0.6) is 0 Å². The Bertz CT molecular complexity index is 940. The van der Waals surface area contributed by atoms with Crippen molar-refractivity contribution in [2.24, 2.45) is 0 Å². The molecule has 144 valence electrons. The summed E-state index contributed by atoms with van der Waals surface area (Å²) in [5, 5.41) is 13.3. The van der Waals surface area contributed by atoms with Gasteiger partial charge >= 0.3 is 0 Å². The SMILES string of the molecule is O=C(c1cnccn1)N1CCC(c2nnc(Cn3cccn3)n2C2CC2)CC1. The van der Waals surface area contributed by atoms with E-state index >= 15 is 0 Å². The Hall–Kier alpha value is -3.10. The van der Waals surface area contributed by atoms with Crippen molar-refractivity contribution in [1.82, 2.24) is 39.4 Å². The van der Waals surface area contributed by atoms with Crippen LogP contribution < -0.4 is 0 Å². The van der Waals surface area contributed by atoms with Crippen molar-refractivity contribution in [3.05, 3.63) is 54.4 Å². The van der Waals surface area contributed by atoms with Gasteiger partial charge in [-0.2, -0.15) is 5.10 Å². The Balaban J connectivity index is 1.30. The van der Waals surface area contributed by atoms with E-state index in [-0.39, 0.29) is 5.91 Å². The summed E-state index contributed by atoms with van der Waals surface area (Å²) >= 11 is 0. The van der Waals surface area contributed by atoms with Crippen molar-refractivity contribution in [2.75, 3.05) is 13.1 Å². The van der Waals surface area contributed by atoms with Crippen LogP contribution >= 0.6 is 0 Å². The Morgan fingerprint density at radius 3 is 2.61 bits per heavy atom. The lowest BCUT2D eigenvalue weighted by molar-refractivity contribution is 0.0703. The molecule has 3 aromatic rings. The molecule has 1 saturated heterocycles. The van der Waals surface area contributed by atoms with Gasteiger partial charge in [0.25, 0.3) is 5.91 Å². The molecule has 0 unspecified atom stereocenters. The summed E-state index contributed by atoms with van der Waals surface area (Å²) in [4.78, 5) is 22.6. The van der Waals surface area contributed by atoms with Crippen LogP contribution in [0, 0.1) is 0 Å². The van der Waals surface area contributed by atoms with E-state index in [0.717, 1.165) is 24.5 Å². The maximum absolute atomic E-state index is 12.6. The van der Waals surface area contributed by atoms with E-state index < -0.39 is 0 Å². The minimum Gasteiger partial charge on any atom is -0.337 e. The first-order valence-corrected chi connectivity index (χ1v) is 9.76. The summed E-state index contributed by atoms with van der Waals surface area (Å²) in [6.07, 6.45) is 12.5. The van der Waals surface area contributed by atoms with Gasteiger partial charge < -0.3 is 9.47 Å². The lowest BCUT2D eigenvalue weighted by Crippen LogP contribution is -2.38. The standard InChI is InChI=1S/C19H22N8O/c28-19(16-12-20-7-8-21-16)25-10-4-14(5-11-25)18-24-23-17(27(18)15-2-3-15)13-26-9-1-6-22-26/h1,6-9,12,14-15H,2-5,10-11,13H2. The highest BCUT2D eigenvalue weighted by atomic mass is 16.2. The number of likely N-dealkylation sites (tertiary alicyclic amines) is 1. The molecule has 0 N–H and O–H groups in total. The maximum Gasteiger partial charge on any atom is 0.274 e. The summed E-state index contributed by atoms with van der Waals surface area (Å²) in [5.74, 6) is 2.32. The number of carbonyl (C=O) groups is 1. The second kappa shape index (κ2) is 7.14. The molecule has 1 aliphatic carbocycles. The molecular formula is C19H22N8O. The van der Waals surface area contributed by atoms with Crippen molar-refractivity contribution >= 4 is 5.91 Å². The van der Waals surface area contributed by atoms with E-state index in [4.69, 9.17) is 0 Å². The Kier molecular flexibility index (Phi) is 4.34. The summed E-state index contributed by atoms with van der Waals surface area (Å²) in [6.45, 7) is 2.04. The highest BCUT2D eigenvalue weighted by Gasteiger charge is 2.34. The van der Waals surface area contributed by atoms with E-state index in [1.807, 2.05) is 21.8 Å². The zero-order valence-electron chi connectivity index (χ0n) is 15.6. The Morgan fingerprint density at radius 1 is 1.07 bits per heavy atom. The number of piperidine rings is 1. The summed E-state index contributed by atoms with van der Waals surface area (Å²) in [7, 11) is 0. The van der Waals surface area contributed by atoms with Gasteiger partial charge in [-0.15, -0.1) is 10.2 Å². The van der Waals surface area contributed by atoms with Gasteiger partial charge in [0.15, 0.2) is 5.82 Å². The second-order valence-corrected chi connectivity index (χ2v) is 7.44. The third-order valence-electron chi connectivity index (χ3n) is 5.50. The number of nitrogens with zero attached hydrogens (tertiary/aromatic N) is 8. The molecular weight excluding hydrogens is 356 g/mol. The van der Waals surface area contributed by atoms with Crippen LogP contribution in [0.3, 0.4) is 0 Å². The van der Waals surface area contributed by atoms with Gasteiger partial charge in [-0.05, 0) is 31.7 Å². The summed E-state index contributed by atoms with van der Waals surface area (Å²) in [6, 6.07) is 2.43. The smallest absolute Gasteiger partial charge is 0.274 e. The first kappa shape index (κ1) is 17.0. The molecule has 0 bridgehead atoms. The number of aromatic nitrogens is 7. The van der Waals surface area contributed by atoms with Crippen molar-refractivity contribution in [2.45, 2.75) is 44.2 Å². The fraction of sp³-hybridized carbons (Fsp3) is 0.474. The quantitative estimate of drug-likeness (QED) is 0.670. The lowest BCUT2D eigenvalue weighted by atomic mass is 9.95. The van der Waals surface area contributed by atoms with Crippen LogP contribution in [0.1, 0.15) is 59.8 Å². The lowest BCUT2D eigenvalue weighted by Gasteiger charge is -2.31. The van der Waals surface area contributed by atoms with Crippen LogP contribution in [0.15, 0.2) is 37.1 Å². The van der Waals surface area contributed by atoms with E-state index in [1.54, 1.807) is 18.6 Å². The van der Waals surface area contributed by atoms with Gasteiger partial charge in [0, 0.05) is 49.8 Å². The fourth-order valence-corrected chi connectivity index (χ4v) is 3.91. The summed E-state index contributed by atoms with van der Waals surface area (Å²) in [5.41, 5.74) is 0.406. The average Bonchev–Trinajstić information content (AvgIpc) is 3.29. The van der Waals surface area contributed by atoms with Crippen LogP contribution in [-0.2, 0) is 6.54 Å². The van der Waals surface area contributed by atoms with Gasteiger partial charge in [-0.3, -0.25) is 14.5 Å². The third-order valence-corrected chi connectivity index (χ3v) is 5.50. The van der Waals surface area contributed by atoms with Crippen molar-refractivity contribution < 1.29 is 4.79 Å². The van der Waals surface area contributed by atoms with E-state index in [0.29, 0.717) is 37.3 Å². The van der Waals surface area contributed by atoms with Gasteiger partial charge in [0.2, 0.25) is 0 Å². The number of amides is 1. The van der Waals surface area contributed by atoms with Crippen LogP contribution in [0.25, 0.3) is 0 Å². The van der Waals surface area contributed by atoms with Crippen molar-refractivity contribution in [3.63, 3.8) is 0 Å². The van der Waals surface area contributed by atoms with Gasteiger partial charge in [-0.1, -0.05) is 0 Å². The predicted octanol–water partition coefficient (Wildman–Crippen LogP) is 1.67. The largest absolute Gasteiger partial charge is 0.337 e. The average molecular weight is 378 g/mol. The first-order valence-electron chi connectivity index (χ1n) is 9.76. The molecule has 1 saturated carbocycles. The minimum absolute atomic E-state index is 0.0467. The zero-order chi connectivity index (χ0) is 18.9. The molecule has 0 aromatic carbocycles. The molecule has 9 nitrogen and oxygen atoms in total. The van der Waals surface area contributed by atoms with E-state index in [2.05, 4.69) is 29.8 Å². The maximum atomic E-state index is 12.6. The summed E-state index contributed by atoms with van der Waals surface area (Å²) < 4.78 is 4.21. The highest BCUT2D eigenvalue weighted by Crippen LogP contribution is 2.40. The molecule has 1 amide bonds. The van der Waals surface area contributed by atoms with Gasteiger partial charge in [-0.25, -0.2) is 4.98 Å². The molecule has 0 spiro atoms. The molecule has 28 heavy (non-hydrogen) atoms. The molecule has 2 fully saturated rings. The Labute approximate surface area is 162 Å². The molecule has 5 rings (SSSR count). The van der Waals surface area contributed by atoms with E-state index in [9.17, 15) is 4.79 Å². The number of hydrogen-bond donors (Lipinski definition) is 0. The third kappa shape index (κ3) is 3.28. The molecule has 3 aromatic heterocycles. The highest BCUT2D eigenvalue weighted by molar-refractivity contribution is 5.92. The zero-order valence-corrected chi connectivity index (χ0v) is 15.6. The molecule has 0 radical (unpaired) electrons.